The lowest BCUT2D eigenvalue weighted by Gasteiger charge is -2.31. The molecule has 1 aliphatic carbocycles. The third-order valence-corrected chi connectivity index (χ3v) is 3.79. The molecule has 0 aromatic carbocycles. The third-order valence-electron chi connectivity index (χ3n) is 3.79. The van der Waals surface area contributed by atoms with E-state index in [4.69, 9.17) is 5.11 Å². The van der Waals surface area contributed by atoms with E-state index >= 15 is 0 Å². The van der Waals surface area contributed by atoms with Gasteiger partial charge < -0.3 is 15.3 Å². The Kier molecular flexibility index (Phi) is 4.44. The summed E-state index contributed by atoms with van der Waals surface area (Å²) in [6.45, 7) is 2.07. The van der Waals surface area contributed by atoms with Crippen molar-refractivity contribution in [3.8, 4) is 0 Å². The predicted octanol–water partition coefficient (Wildman–Crippen LogP) is 1.04. The summed E-state index contributed by atoms with van der Waals surface area (Å²) in [4.78, 5) is 28.9. The van der Waals surface area contributed by atoms with Crippen molar-refractivity contribution in [3.63, 3.8) is 0 Å². The third kappa shape index (κ3) is 3.93. The number of carbonyl (C=O) groups excluding carboxylic acids is 1. The minimum Gasteiger partial charge on any atom is -0.481 e. The Morgan fingerprint density at radius 1 is 1.43 bits per heavy atom. The number of H-pyrrole nitrogens is 1. The van der Waals surface area contributed by atoms with Crippen molar-refractivity contribution in [3.05, 3.63) is 11.6 Å². The van der Waals surface area contributed by atoms with Gasteiger partial charge in [-0.2, -0.15) is 5.10 Å². The molecule has 2 amide bonds. The van der Waals surface area contributed by atoms with Crippen molar-refractivity contribution in [2.45, 2.75) is 51.1 Å². The van der Waals surface area contributed by atoms with E-state index in [1.165, 1.54) is 4.90 Å². The standard InChI is InChI=1S/C13H21N5O3/c1-9-14-10(17-16-9)8-18(2)12(21)15-13(7-11(19)20)5-3-4-6-13/h3-8H2,1-2H3,(H,15,21)(H,19,20)(H,14,16,17). The van der Waals surface area contributed by atoms with Crippen LogP contribution in [0.5, 0.6) is 0 Å². The van der Waals surface area contributed by atoms with E-state index in [2.05, 4.69) is 20.5 Å². The molecule has 21 heavy (non-hydrogen) atoms. The smallest absolute Gasteiger partial charge is 0.317 e. The number of carboxylic acid groups (broad SMARTS) is 1. The monoisotopic (exact) mass is 295 g/mol. The minimum atomic E-state index is -0.885. The number of aromatic nitrogens is 3. The second-order valence-corrected chi connectivity index (χ2v) is 5.68. The highest BCUT2D eigenvalue weighted by atomic mass is 16.4. The Hall–Kier alpha value is -2.12. The summed E-state index contributed by atoms with van der Waals surface area (Å²) in [5.74, 6) is 0.338. The lowest BCUT2D eigenvalue weighted by Crippen LogP contribution is -2.51. The first-order chi connectivity index (χ1) is 9.90. The van der Waals surface area contributed by atoms with Crippen LogP contribution in [0.2, 0.25) is 0 Å². The Morgan fingerprint density at radius 3 is 2.62 bits per heavy atom. The van der Waals surface area contributed by atoms with Crippen molar-refractivity contribution in [2.24, 2.45) is 0 Å². The first-order valence-electron chi connectivity index (χ1n) is 7.03. The number of nitrogens with zero attached hydrogens (tertiary/aromatic N) is 3. The second-order valence-electron chi connectivity index (χ2n) is 5.68. The van der Waals surface area contributed by atoms with Gasteiger partial charge in [-0.25, -0.2) is 9.78 Å². The van der Waals surface area contributed by atoms with Gasteiger partial charge in [-0.05, 0) is 19.8 Å². The minimum absolute atomic E-state index is 0.0354. The number of carboxylic acids is 1. The van der Waals surface area contributed by atoms with Crippen LogP contribution in [0.3, 0.4) is 0 Å². The van der Waals surface area contributed by atoms with E-state index in [0.717, 1.165) is 12.8 Å². The molecule has 0 bridgehead atoms. The average molecular weight is 295 g/mol. The van der Waals surface area contributed by atoms with Crippen LogP contribution < -0.4 is 5.32 Å². The molecule has 8 nitrogen and oxygen atoms in total. The fourth-order valence-corrected chi connectivity index (χ4v) is 2.75. The maximum absolute atomic E-state index is 12.3. The molecule has 0 spiro atoms. The van der Waals surface area contributed by atoms with Crippen LogP contribution in [0.15, 0.2) is 0 Å². The van der Waals surface area contributed by atoms with Crippen LogP contribution in [0.4, 0.5) is 4.79 Å². The number of rotatable bonds is 5. The van der Waals surface area contributed by atoms with Crippen LogP contribution in [-0.2, 0) is 11.3 Å². The Balaban J connectivity index is 1.96. The van der Waals surface area contributed by atoms with Gasteiger partial charge in [0.2, 0.25) is 0 Å². The van der Waals surface area contributed by atoms with E-state index in [0.29, 0.717) is 24.5 Å². The normalized spacial score (nSPS) is 16.7. The van der Waals surface area contributed by atoms with Gasteiger partial charge in [-0.1, -0.05) is 12.8 Å². The largest absolute Gasteiger partial charge is 0.481 e. The summed E-state index contributed by atoms with van der Waals surface area (Å²) < 4.78 is 0. The van der Waals surface area contributed by atoms with Gasteiger partial charge in [0, 0.05) is 7.05 Å². The number of amides is 2. The first kappa shape index (κ1) is 15.3. The summed E-state index contributed by atoms with van der Waals surface area (Å²) in [6.07, 6.45) is 3.26. The number of aryl methyl sites for hydroxylation is 1. The molecule has 0 atom stereocenters. The molecule has 2 rings (SSSR count). The van der Waals surface area contributed by atoms with Gasteiger partial charge >= 0.3 is 12.0 Å². The van der Waals surface area contributed by atoms with E-state index in [9.17, 15) is 9.59 Å². The molecule has 0 radical (unpaired) electrons. The van der Waals surface area contributed by atoms with E-state index in [1.54, 1.807) is 14.0 Å². The number of hydrogen-bond donors (Lipinski definition) is 3. The van der Waals surface area contributed by atoms with Crippen molar-refractivity contribution < 1.29 is 14.7 Å². The average Bonchev–Trinajstić information content (AvgIpc) is 2.98. The molecule has 1 heterocycles. The van der Waals surface area contributed by atoms with Gasteiger partial charge in [-0.15, -0.1) is 0 Å². The van der Waals surface area contributed by atoms with Gasteiger partial charge in [0.25, 0.3) is 0 Å². The Bertz CT molecular complexity index is 522. The summed E-state index contributed by atoms with van der Waals surface area (Å²) in [6, 6.07) is -0.291. The highest BCUT2D eigenvalue weighted by molar-refractivity contribution is 5.76. The van der Waals surface area contributed by atoms with Crippen LogP contribution in [0.1, 0.15) is 43.8 Å². The van der Waals surface area contributed by atoms with Crippen molar-refractivity contribution in [2.75, 3.05) is 7.05 Å². The topological polar surface area (TPSA) is 111 Å². The molecule has 1 fully saturated rings. The molecule has 116 valence electrons. The first-order valence-corrected chi connectivity index (χ1v) is 7.03. The van der Waals surface area contributed by atoms with Crippen molar-refractivity contribution in [1.82, 2.24) is 25.4 Å². The van der Waals surface area contributed by atoms with Gasteiger partial charge in [0.15, 0.2) is 5.82 Å². The fraction of sp³-hybridized carbons (Fsp3) is 0.692. The summed E-state index contributed by atoms with van der Waals surface area (Å²) >= 11 is 0. The number of aliphatic carboxylic acids is 1. The summed E-state index contributed by atoms with van der Waals surface area (Å²) in [5, 5.41) is 18.6. The van der Waals surface area contributed by atoms with Crippen LogP contribution in [0, 0.1) is 6.92 Å². The van der Waals surface area contributed by atoms with Gasteiger partial charge in [-0.3, -0.25) is 9.89 Å². The van der Waals surface area contributed by atoms with Crippen LogP contribution >= 0.6 is 0 Å². The van der Waals surface area contributed by atoms with Gasteiger partial charge in [0.05, 0.1) is 18.5 Å². The number of aromatic amines is 1. The Morgan fingerprint density at radius 2 is 2.10 bits per heavy atom. The maximum atomic E-state index is 12.3. The molecule has 1 saturated carbocycles. The number of carbonyl (C=O) groups is 2. The lowest BCUT2D eigenvalue weighted by atomic mass is 9.93. The SMILES string of the molecule is Cc1nc(CN(C)C(=O)NC2(CC(=O)O)CCCC2)n[nH]1. The second kappa shape index (κ2) is 6.11. The van der Waals surface area contributed by atoms with E-state index in [1.807, 2.05) is 0 Å². The lowest BCUT2D eigenvalue weighted by molar-refractivity contribution is -0.138. The maximum Gasteiger partial charge on any atom is 0.317 e. The Labute approximate surface area is 122 Å². The molecule has 8 heteroatoms. The molecule has 0 unspecified atom stereocenters. The molecule has 1 aliphatic rings. The van der Waals surface area contributed by atoms with Crippen molar-refractivity contribution in [1.29, 1.82) is 0 Å². The quantitative estimate of drug-likeness (QED) is 0.751. The number of nitrogens with one attached hydrogen (secondary N) is 2. The molecular formula is C13H21N5O3. The summed E-state index contributed by atoms with van der Waals surface area (Å²) in [7, 11) is 1.64. The molecule has 3 N–H and O–H groups in total. The highest BCUT2D eigenvalue weighted by Gasteiger charge is 2.38. The fourth-order valence-electron chi connectivity index (χ4n) is 2.75. The summed E-state index contributed by atoms with van der Waals surface area (Å²) in [5.41, 5.74) is -0.619. The zero-order chi connectivity index (χ0) is 15.5. The van der Waals surface area contributed by atoms with Gasteiger partial charge in [0.1, 0.15) is 5.82 Å². The zero-order valence-electron chi connectivity index (χ0n) is 12.3. The van der Waals surface area contributed by atoms with Crippen LogP contribution in [-0.4, -0.2) is 49.8 Å². The molecule has 0 aliphatic heterocycles. The van der Waals surface area contributed by atoms with Crippen LogP contribution in [0.25, 0.3) is 0 Å². The van der Waals surface area contributed by atoms with E-state index < -0.39 is 11.5 Å². The number of urea groups is 1. The van der Waals surface area contributed by atoms with Crippen molar-refractivity contribution >= 4 is 12.0 Å². The number of hydrogen-bond acceptors (Lipinski definition) is 4. The molecule has 1 aromatic rings. The van der Waals surface area contributed by atoms with E-state index in [-0.39, 0.29) is 19.0 Å². The molecule has 1 aromatic heterocycles. The highest BCUT2D eigenvalue weighted by Crippen LogP contribution is 2.32. The molecular weight excluding hydrogens is 274 g/mol. The molecule has 0 saturated heterocycles. The zero-order valence-corrected chi connectivity index (χ0v) is 12.3. The predicted molar refractivity (Wildman–Crippen MR) is 74.6 cm³/mol.